The Labute approximate surface area is 88.5 Å². The summed E-state index contributed by atoms with van der Waals surface area (Å²) in [5, 5.41) is 11.5. The van der Waals surface area contributed by atoms with Gasteiger partial charge in [-0.15, -0.1) is 0 Å². The third-order valence-corrected chi connectivity index (χ3v) is 1.96. The number of anilines is 1. The highest BCUT2D eigenvalue weighted by molar-refractivity contribution is 5.47. The van der Waals surface area contributed by atoms with Crippen molar-refractivity contribution in [2.24, 2.45) is 0 Å². The van der Waals surface area contributed by atoms with Gasteiger partial charge in [-0.05, 0) is 19.1 Å². The molecule has 1 unspecified atom stereocenters. The fourth-order valence-electron chi connectivity index (χ4n) is 1.23. The first kappa shape index (κ1) is 11.3. The summed E-state index contributed by atoms with van der Waals surface area (Å²) in [6.07, 6.45) is 0.383. The van der Waals surface area contributed by atoms with Crippen molar-refractivity contribution in [1.29, 1.82) is 5.26 Å². The lowest BCUT2D eigenvalue weighted by atomic mass is 10.2. The number of methoxy groups -OCH3 is 1. The van der Waals surface area contributed by atoms with Gasteiger partial charge in [-0.3, -0.25) is 0 Å². The molecule has 3 nitrogen and oxygen atoms in total. The van der Waals surface area contributed by atoms with Crippen molar-refractivity contribution >= 4 is 5.69 Å². The predicted molar refractivity (Wildman–Crippen MR) is 56.3 cm³/mol. The number of nitrogens with one attached hydrogen (secondary N) is 1. The van der Waals surface area contributed by atoms with E-state index in [1.807, 2.05) is 13.0 Å². The summed E-state index contributed by atoms with van der Waals surface area (Å²) in [6, 6.07) is 6.67. The van der Waals surface area contributed by atoms with E-state index >= 15 is 0 Å². The zero-order valence-corrected chi connectivity index (χ0v) is 8.75. The minimum atomic E-state index is -0.411. The summed E-state index contributed by atoms with van der Waals surface area (Å²) >= 11 is 0. The molecule has 1 atom stereocenters. The van der Waals surface area contributed by atoms with Gasteiger partial charge < -0.3 is 10.1 Å². The molecule has 15 heavy (non-hydrogen) atoms. The molecule has 1 N–H and O–H groups in total. The first-order chi connectivity index (χ1) is 7.17. The predicted octanol–water partition coefficient (Wildman–Crippen LogP) is 2.55. The van der Waals surface area contributed by atoms with Crippen LogP contribution in [0.15, 0.2) is 18.2 Å². The Morgan fingerprint density at radius 3 is 2.87 bits per heavy atom. The maximum absolute atomic E-state index is 13.3. The van der Waals surface area contributed by atoms with Crippen LogP contribution >= 0.6 is 0 Å². The summed E-state index contributed by atoms with van der Waals surface area (Å²) < 4.78 is 18.1. The Balaban J connectivity index is 2.72. The second kappa shape index (κ2) is 5.20. The number of hydrogen-bond donors (Lipinski definition) is 1. The molecule has 0 amide bonds. The molecule has 0 saturated carbocycles. The van der Waals surface area contributed by atoms with Crippen LogP contribution in [0, 0.1) is 17.1 Å². The molecule has 4 heteroatoms. The third-order valence-electron chi connectivity index (χ3n) is 1.96. The van der Waals surface area contributed by atoms with Crippen LogP contribution in [0.1, 0.15) is 13.3 Å². The second-order valence-electron chi connectivity index (χ2n) is 3.26. The van der Waals surface area contributed by atoms with Crippen LogP contribution in [-0.2, 0) is 0 Å². The Morgan fingerprint density at radius 2 is 2.33 bits per heavy atom. The van der Waals surface area contributed by atoms with Crippen LogP contribution in [0.5, 0.6) is 5.75 Å². The Hall–Kier alpha value is -1.76. The first-order valence-corrected chi connectivity index (χ1v) is 4.64. The van der Waals surface area contributed by atoms with Gasteiger partial charge in [0, 0.05) is 17.8 Å². The highest BCUT2D eigenvalue weighted by atomic mass is 19.1. The minimum Gasteiger partial charge on any atom is -0.494 e. The van der Waals surface area contributed by atoms with E-state index in [0.717, 1.165) is 0 Å². The molecule has 0 spiro atoms. The second-order valence-corrected chi connectivity index (χ2v) is 3.26. The SMILES string of the molecule is COc1ccc(NC(C)CC#N)cc1F. The van der Waals surface area contributed by atoms with Gasteiger partial charge in [-0.25, -0.2) is 4.39 Å². The summed E-state index contributed by atoms with van der Waals surface area (Å²) in [5.41, 5.74) is 0.649. The van der Waals surface area contributed by atoms with Crippen LogP contribution in [0.2, 0.25) is 0 Å². The van der Waals surface area contributed by atoms with Gasteiger partial charge in [0.1, 0.15) is 0 Å². The molecular formula is C11H13FN2O. The number of nitrogens with zero attached hydrogens (tertiary/aromatic N) is 1. The average molecular weight is 208 g/mol. The molecule has 0 fully saturated rings. The van der Waals surface area contributed by atoms with E-state index in [-0.39, 0.29) is 11.8 Å². The highest BCUT2D eigenvalue weighted by Gasteiger charge is 2.05. The van der Waals surface area contributed by atoms with E-state index in [0.29, 0.717) is 12.1 Å². The van der Waals surface area contributed by atoms with Crippen molar-refractivity contribution in [3.63, 3.8) is 0 Å². The molecular weight excluding hydrogens is 195 g/mol. The molecule has 0 radical (unpaired) electrons. The Bertz CT molecular complexity index is 373. The molecule has 0 heterocycles. The van der Waals surface area contributed by atoms with E-state index in [1.165, 1.54) is 13.2 Å². The fourth-order valence-corrected chi connectivity index (χ4v) is 1.23. The zero-order valence-electron chi connectivity index (χ0n) is 8.75. The van der Waals surface area contributed by atoms with Crippen LogP contribution in [0.3, 0.4) is 0 Å². The van der Waals surface area contributed by atoms with Gasteiger partial charge in [0.05, 0.1) is 19.6 Å². The van der Waals surface area contributed by atoms with Crippen molar-refractivity contribution in [3.8, 4) is 11.8 Å². The standard InChI is InChI=1S/C11H13FN2O/c1-8(5-6-13)14-9-3-4-11(15-2)10(12)7-9/h3-4,7-8,14H,5H2,1-2H3. The highest BCUT2D eigenvalue weighted by Crippen LogP contribution is 2.21. The molecule has 1 aromatic rings. The van der Waals surface area contributed by atoms with E-state index in [2.05, 4.69) is 5.32 Å². The number of nitriles is 1. The lowest BCUT2D eigenvalue weighted by Gasteiger charge is -2.12. The van der Waals surface area contributed by atoms with Gasteiger partial charge in [-0.2, -0.15) is 5.26 Å². The normalized spacial score (nSPS) is 11.6. The van der Waals surface area contributed by atoms with E-state index in [4.69, 9.17) is 10.00 Å². The van der Waals surface area contributed by atoms with Crippen LogP contribution in [-0.4, -0.2) is 13.2 Å². The molecule has 0 aliphatic carbocycles. The lowest BCUT2D eigenvalue weighted by Crippen LogP contribution is -2.14. The molecule has 1 aromatic carbocycles. The van der Waals surface area contributed by atoms with E-state index < -0.39 is 5.82 Å². The molecule has 1 rings (SSSR count). The quantitative estimate of drug-likeness (QED) is 0.827. The molecule has 0 aliphatic rings. The van der Waals surface area contributed by atoms with Crippen LogP contribution in [0.4, 0.5) is 10.1 Å². The van der Waals surface area contributed by atoms with Crippen molar-refractivity contribution < 1.29 is 9.13 Å². The number of hydrogen-bond acceptors (Lipinski definition) is 3. The summed E-state index contributed by atoms with van der Waals surface area (Å²) in [6.45, 7) is 1.87. The number of benzene rings is 1. The fraction of sp³-hybridized carbons (Fsp3) is 0.364. The van der Waals surface area contributed by atoms with Gasteiger partial charge in [0.15, 0.2) is 11.6 Å². The minimum absolute atomic E-state index is 0.00259. The molecule has 0 aromatic heterocycles. The summed E-state index contributed by atoms with van der Waals surface area (Å²) in [4.78, 5) is 0. The lowest BCUT2D eigenvalue weighted by molar-refractivity contribution is 0.386. The molecule has 80 valence electrons. The van der Waals surface area contributed by atoms with Crippen molar-refractivity contribution in [3.05, 3.63) is 24.0 Å². The number of halogens is 1. The van der Waals surface area contributed by atoms with Gasteiger partial charge in [0.2, 0.25) is 0 Å². The Morgan fingerprint density at radius 1 is 1.60 bits per heavy atom. The first-order valence-electron chi connectivity index (χ1n) is 4.64. The van der Waals surface area contributed by atoms with Crippen molar-refractivity contribution in [2.75, 3.05) is 12.4 Å². The molecule has 0 aliphatic heterocycles. The van der Waals surface area contributed by atoms with Crippen LogP contribution < -0.4 is 10.1 Å². The van der Waals surface area contributed by atoms with Crippen molar-refractivity contribution in [1.82, 2.24) is 0 Å². The van der Waals surface area contributed by atoms with E-state index in [1.54, 1.807) is 12.1 Å². The van der Waals surface area contributed by atoms with Gasteiger partial charge in [-0.1, -0.05) is 0 Å². The van der Waals surface area contributed by atoms with Gasteiger partial charge >= 0.3 is 0 Å². The molecule has 0 saturated heterocycles. The smallest absolute Gasteiger partial charge is 0.167 e. The van der Waals surface area contributed by atoms with Gasteiger partial charge in [0.25, 0.3) is 0 Å². The average Bonchev–Trinajstić information content (AvgIpc) is 2.18. The monoisotopic (exact) mass is 208 g/mol. The largest absolute Gasteiger partial charge is 0.494 e. The number of ether oxygens (including phenoxy) is 1. The zero-order chi connectivity index (χ0) is 11.3. The van der Waals surface area contributed by atoms with E-state index in [9.17, 15) is 4.39 Å². The Kier molecular flexibility index (Phi) is 3.92. The summed E-state index contributed by atoms with van der Waals surface area (Å²) in [7, 11) is 1.42. The topological polar surface area (TPSA) is 45.0 Å². The molecule has 0 bridgehead atoms. The maximum atomic E-state index is 13.3. The third kappa shape index (κ3) is 3.13. The van der Waals surface area contributed by atoms with Crippen LogP contribution in [0.25, 0.3) is 0 Å². The van der Waals surface area contributed by atoms with Crippen molar-refractivity contribution in [2.45, 2.75) is 19.4 Å². The number of rotatable bonds is 4. The maximum Gasteiger partial charge on any atom is 0.167 e. The summed E-state index contributed by atoms with van der Waals surface area (Å²) in [5.74, 6) is -0.194.